The Labute approximate surface area is 199 Å². The van der Waals surface area contributed by atoms with Crippen molar-refractivity contribution in [3.8, 4) is 0 Å². The Morgan fingerprint density at radius 1 is 1.12 bits per heavy atom. The monoisotopic (exact) mass is 496 g/mol. The number of ether oxygens (including phenoxy) is 2. The van der Waals surface area contributed by atoms with E-state index >= 15 is 0 Å². The van der Waals surface area contributed by atoms with Crippen LogP contribution in [0.15, 0.2) is 0 Å². The Bertz CT molecular complexity index is 683. The third-order valence-corrected chi connectivity index (χ3v) is 4.69. The van der Waals surface area contributed by atoms with E-state index in [9.17, 15) is 19.2 Å². The molecule has 3 atom stereocenters. The molecule has 0 aromatic rings. The lowest BCUT2D eigenvalue weighted by Gasteiger charge is -2.34. The number of carbonyl (C=O) groups excluding carboxylic acids is 4. The van der Waals surface area contributed by atoms with Crippen LogP contribution in [-0.4, -0.2) is 70.6 Å². The van der Waals surface area contributed by atoms with Crippen LogP contribution in [0.2, 0.25) is 0 Å². The Kier molecular flexibility index (Phi) is 11.0. The van der Waals surface area contributed by atoms with Gasteiger partial charge in [-0.15, -0.1) is 23.2 Å². The number of alkyl carbamates (subject to hydrolysis) is 1. The summed E-state index contributed by atoms with van der Waals surface area (Å²) < 4.78 is 10.2. The van der Waals surface area contributed by atoms with Crippen LogP contribution in [0, 0.1) is 5.92 Å². The van der Waals surface area contributed by atoms with E-state index < -0.39 is 52.4 Å². The van der Waals surface area contributed by atoms with Crippen LogP contribution >= 0.6 is 23.2 Å². The van der Waals surface area contributed by atoms with Crippen LogP contribution in [-0.2, 0) is 23.9 Å². The molecule has 32 heavy (non-hydrogen) atoms. The van der Waals surface area contributed by atoms with Crippen LogP contribution in [0.5, 0.6) is 0 Å². The second-order valence-corrected chi connectivity index (χ2v) is 10.2. The molecular formula is C20H34Cl2N4O6. The number of halogens is 2. The minimum Gasteiger partial charge on any atom is -0.462 e. The van der Waals surface area contributed by atoms with E-state index in [0.717, 1.165) is 0 Å². The molecule has 3 N–H and O–H groups in total. The molecule has 12 heteroatoms. The Hall–Kier alpha value is -1.78. The molecule has 1 heterocycles. The molecule has 0 bridgehead atoms. The molecule has 0 spiro atoms. The van der Waals surface area contributed by atoms with Crippen LogP contribution in [0.1, 0.15) is 54.4 Å². The molecule has 0 aliphatic carbocycles. The average molecular weight is 497 g/mol. The van der Waals surface area contributed by atoms with E-state index in [1.807, 2.05) is 0 Å². The Balaban J connectivity index is 2.69. The van der Waals surface area contributed by atoms with Gasteiger partial charge in [0.15, 0.2) is 0 Å². The third kappa shape index (κ3) is 9.79. The highest BCUT2D eigenvalue weighted by molar-refractivity contribution is 6.44. The molecule has 1 saturated heterocycles. The predicted octanol–water partition coefficient (Wildman–Crippen LogP) is 1.88. The molecule has 3 amide bonds. The quantitative estimate of drug-likeness (QED) is 0.345. The Morgan fingerprint density at radius 2 is 1.75 bits per heavy atom. The van der Waals surface area contributed by atoms with E-state index in [2.05, 4.69) is 16.1 Å². The number of rotatable bonds is 8. The van der Waals surface area contributed by atoms with Crippen LogP contribution in [0.3, 0.4) is 0 Å². The maximum atomic E-state index is 12.8. The zero-order valence-electron chi connectivity index (χ0n) is 19.4. The Morgan fingerprint density at radius 3 is 2.28 bits per heavy atom. The van der Waals surface area contributed by atoms with E-state index in [0.29, 0.717) is 19.4 Å². The van der Waals surface area contributed by atoms with Gasteiger partial charge in [0.2, 0.25) is 5.91 Å². The van der Waals surface area contributed by atoms with E-state index in [-0.39, 0.29) is 12.5 Å². The van der Waals surface area contributed by atoms with E-state index in [1.54, 1.807) is 34.6 Å². The van der Waals surface area contributed by atoms with Gasteiger partial charge in [-0.2, -0.15) is 0 Å². The highest BCUT2D eigenvalue weighted by Gasteiger charge is 2.33. The van der Waals surface area contributed by atoms with Gasteiger partial charge in [0.1, 0.15) is 35.2 Å². The maximum Gasteiger partial charge on any atom is 0.408 e. The van der Waals surface area contributed by atoms with Gasteiger partial charge in [0.25, 0.3) is 5.91 Å². The number of nitrogens with zero attached hydrogens (tertiary/aromatic N) is 1. The van der Waals surface area contributed by atoms with Crippen LogP contribution in [0.4, 0.5) is 4.79 Å². The van der Waals surface area contributed by atoms with Crippen molar-refractivity contribution in [1.82, 2.24) is 21.1 Å². The first-order valence-corrected chi connectivity index (χ1v) is 11.4. The summed E-state index contributed by atoms with van der Waals surface area (Å²) in [6.45, 7) is 10.4. The van der Waals surface area contributed by atoms with Gasteiger partial charge in [0, 0.05) is 6.54 Å². The first-order valence-electron chi connectivity index (χ1n) is 10.5. The fraction of sp³-hybridized carbons (Fsp3) is 0.800. The zero-order valence-corrected chi connectivity index (χ0v) is 20.9. The largest absolute Gasteiger partial charge is 0.462 e. The minimum absolute atomic E-state index is 0.151. The molecular weight excluding hydrogens is 463 g/mol. The van der Waals surface area contributed by atoms with Gasteiger partial charge in [-0.25, -0.2) is 10.2 Å². The summed E-state index contributed by atoms with van der Waals surface area (Å²) in [5.41, 5.74) is 2.11. The smallest absolute Gasteiger partial charge is 0.408 e. The van der Waals surface area contributed by atoms with Crippen molar-refractivity contribution in [2.45, 2.75) is 82.9 Å². The van der Waals surface area contributed by atoms with Crippen molar-refractivity contribution in [2.24, 2.45) is 5.92 Å². The number of hydrogen-bond acceptors (Lipinski definition) is 7. The highest BCUT2D eigenvalue weighted by Crippen LogP contribution is 2.12. The van der Waals surface area contributed by atoms with Gasteiger partial charge in [-0.3, -0.25) is 19.4 Å². The van der Waals surface area contributed by atoms with E-state index in [4.69, 9.17) is 32.7 Å². The molecule has 1 aliphatic heterocycles. The van der Waals surface area contributed by atoms with Gasteiger partial charge in [-0.05, 0) is 46.5 Å². The molecule has 10 nitrogen and oxygen atoms in total. The molecule has 0 saturated carbocycles. The average Bonchev–Trinajstić information content (AvgIpc) is 2.67. The SMILES string of the molecule is CC(NC(=O)C(NC(=O)OC(C)(C)C)C(C)C)C(=O)N1CCCC(C(=O)OCC(Cl)Cl)N1. The second kappa shape index (κ2) is 12.5. The summed E-state index contributed by atoms with van der Waals surface area (Å²) in [7, 11) is 0. The second-order valence-electron chi connectivity index (χ2n) is 8.93. The molecule has 0 radical (unpaired) electrons. The number of hydrogen-bond donors (Lipinski definition) is 3. The van der Waals surface area contributed by atoms with Crippen molar-refractivity contribution in [3.63, 3.8) is 0 Å². The number of nitrogens with one attached hydrogen (secondary N) is 3. The lowest BCUT2D eigenvalue weighted by Crippen LogP contribution is -2.61. The first kappa shape index (κ1) is 28.3. The summed E-state index contributed by atoms with van der Waals surface area (Å²) in [5.74, 6) is -1.75. The van der Waals surface area contributed by atoms with Gasteiger partial charge in [-0.1, -0.05) is 13.8 Å². The molecule has 3 unspecified atom stereocenters. The molecule has 1 aliphatic rings. The summed E-state index contributed by atoms with van der Waals surface area (Å²) in [4.78, 5) is 48.9. The topological polar surface area (TPSA) is 126 Å². The summed E-state index contributed by atoms with van der Waals surface area (Å²) in [6.07, 6.45) is 0.327. The van der Waals surface area contributed by atoms with Crippen molar-refractivity contribution < 1.29 is 28.7 Å². The highest BCUT2D eigenvalue weighted by atomic mass is 35.5. The normalized spacial score (nSPS) is 18.7. The summed E-state index contributed by atoms with van der Waals surface area (Å²) >= 11 is 11.1. The fourth-order valence-corrected chi connectivity index (χ4v) is 3.05. The number of alkyl halides is 2. The van der Waals surface area contributed by atoms with Gasteiger partial charge >= 0.3 is 12.1 Å². The summed E-state index contributed by atoms with van der Waals surface area (Å²) in [5, 5.41) is 6.45. The summed E-state index contributed by atoms with van der Waals surface area (Å²) in [6, 6.07) is -2.52. The molecule has 0 aromatic carbocycles. The van der Waals surface area contributed by atoms with E-state index in [1.165, 1.54) is 11.9 Å². The maximum absolute atomic E-state index is 12.8. The van der Waals surface area contributed by atoms with Crippen molar-refractivity contribution in [1.29, 1.82) is 0 Å². The lowest BCUT2D eigenvalue weighted by molar-refractivity contribution is -0.152. The van der Waals surface area contributed by atoms with Crippen molar-refractivity contribution in [3.05, 3.63) is 0 Å². The molecule has 184 valence electrons. The fourth-order valence-electron chi connectivity index (χ4n) is 2.93. The van der Waals surface area contributed by atoms with Gasteiger partial charge in [0.05, 0.1) is 0 Å². The third-order valence-electron chi connectivity index (χ3n) is 4.44. The number of hydrazine groups is 1. The van der Waals surface area contributed by atoms with Crippen molar-refractivity contribution in [2.75, 3.05) is 13.2 Å². The molecule has 1 fully saturated rings. The minimum atomic E-state index is -0.901. The molecule has 1 rings (SSSR count). The van der Waals surface area contributed by atoms with Crippen LogP contribution < -0.4 is 16.1 Å². The lowest BCUT2D eigenvalue weighted by atomic mass is 10.0. The predicted molar refractivity (Wildman–Crippen MR) is 120 cm³/mol. The first-order chi connectivity index (χ1) is 14.7. The number of carbonyl (C=O) groups is 4. The standard InChI is InChI=1S/C20H34Cl2N4O6/c1-11(2)15(24-19(30)32-20(4,5)6)16(27)23-12(3)17(28)26-9-7-8-13(25-26)18(29)31-10-14(21)22/h11-15,25H,7-10H2,1-6H3,(H,23,27)(H,24,30). The van der Waals surface area contributed by atoms with Gasteiger partial charge < -0.3 is 20.1 Å². The number of amides is 3. The zero-order chi connectivity index (χ0) is 24.6. The molecule has 0 aromatic heterocycles. The van der Waals surface area contributed by atoms with Crippen LogP contribution in [0.25, 0.3) is 0 Å². The number of esters is 1. The van der Waals surface area contributed by atoms with Crippen molar-refractivity contribution >= 4 is 47.1 Å².